The first kappa shape index (κ1) is 13.9. The van der Waals surface area contributed by atoms with Crippen LogP contribution in [0.4, 0.5) is 5.69 Å². The van der Waals surface area contributed by atoms with Crippen molar-refractivity contribution in [2.45, 2.75) is 13.8 Å². The molecule has 1 saturated heterocycles. The fraction of sp³-hybridized carbons (Fsp3) is 0.533. The largest absolute Gasteiger partial charge is 0.372 e. The van der Waals surface area contributed by atoms with E-state index in [0.29, 0.717) is 0 Å². The van der Waals surface area contributed by atoms with Crippen LogP contribution in [0.1, 0.15) is 24.2 Å². The second-order valence-electron chi connectivity index (χ2n) is 4.76. The van der Waals surface area contributed by atoms with E-state index < -0.39 is 0 Å². The summed E-state index contributed by atoms with van der Waals surface area (Å²) in [7, 11) is 0. The van der Waals surface area contributed by atoms with Crippen LogP contribution < -0.4 is 10.2 Å². The van der Waals surface area contributed by atoms with E-state index in [1.807, 2.05) is 29.2 Å². The van der Waals surface area contributed by atoms with Gasteiger partial charge < -0.3 is 15.1 Å². The molecule has 19 heavy (non-hydrogen) atoms. The van der Waals surface area contributed by atoms with Crippen molar-refractivity contribution in [3.8, 4) is 0 Å². The molecule has 0 saturated carbocycles. The molecule has 1 aliphatic rings. The molecule has 0 aliphatic carbocycles. The van der Waals surface area contributed by atoms with Crippen molar-refractivity contribution < 1.29 is 4.79 Å². The molecule has 0 bridgehead atoms. The van der Waals surface area contributed by atoms with Crippen LogP contribution in [0.15, 0.2) is 24.3 Å². The van der Waals surface area contributed by atoms with E-state index in [4.69, 9.17) is 0 Å². The van der Waals surface area contributed by atoms with Gasteiger partial charge in [-0.25, -0.2) is 0 Å². The van der Waals surface area contributed by atoms with Gasteiger partial charge in [0.05, 0.1) is 0 Å². The third-order valence-electron chi connectivity index (χ3n) is 3.65. The first-order chi connectivity index (χ1) is 9.26. The number of hydrogen-bond donors (Lipinski definition) is 1. The maximum Gasteiger partial charge on any atom is 0.253 e. The Kier molecular flexibility index (Phi) is 4.80. The van der Waals surface area contributed by atoms with Crippen LogP contribution >= 0.6 is 0 Å². The van der Waals surface area contributed by atoms with E-state index in [-0.39, 0.29) is 5.91 Å². The summed E-state index contributed by atoms with van der Waals surface area (Å²) in [6, 6.07) is 7.97. The summed E-state index contributed by atoms with van der Waals surface area (Å²) in [4.78, 5) is 16.5. The van der Waals surface area contributed by atoms with E-state index in [2.05, 4.69) is 24.1 Å². The Morgan fingerprint density at radius 1 is 1.16 bits per heavy atom. The lowest BCUT2D eigenvalue weighted by Crippen LogP contribution is -2.46. The summed E-state index contributed by atoms with van der Waals surface area (Å²) in [5, 5.41) is 3.26. The summed E-state index contributed by atoms with van der Waals surface area (Å²) in [5.74, 6) is 0.146. The smallest absolute Gasteiger partial charge is 0.253 e. The first-order valence-corrected chi connectivity index (χ1v) is 7.11. The van der Waals surface area contributed by atoms with E-state index in [9.17, 15) is 4.79 Å². The molecule has 104 valence electrons. The highest BCUT2D eigenvalue weighted by Gasteiger charge is 2.17. The fourth-order valence-electron chi connectivity index (χ4n) is 2.45. The fourth-order valence-corrected chi connectivity index (χ4v) is 2.45. The van der Waals surface area contributed by atoms with Gasteiger partial charge in [0, 0.05) is 50.5 Å². The Bertz CT molecular complexity index is 406. The van der Waals surface area contributed by atoms with Crippen LogP contribution in [0.25, 0.3) is 0 Å². The molecule has 0 aromatic heterocycles. The molecule has 0 spiro atoms. The Labute approximate surface area is 115 Å². The van der Waals surface area contributed by atoms with Crippen molar-refractivity contribution >= 4 is 11.6 Å². The Morgan fingerprint density at radius 2 is 1.74 bits per heavy atom. The van der Waals surface area contributed by atoms with E-state index >= 15 is 0 Å². The normalized spacial score (nSPS) is 15.4. The third-order valence-corrected chi connectivity index (χ3v) is 3.65. The van der Waals surface area contributed by atoms with E-state index in [1.165, 1.54) is 5.69 Å². The Hall–Kier alpha value is -1.55. The number of benzene rings is 1. The monoisotopic (exact) mass is 261 g/mol. The van der Waals surface area contributed by atoms with Gasteiger partial charge in [-0.15, -0.1) is 0 Å². The zero-order chi connectivity index (χ0) is 13.7. The average Bonchev–Trinajstić information content (AvgIpc) is 2.49. The second-order valence-corrected chi connectivity index (χ2v) is 4.76. The van der Waals surface area contributed by atoms with E-state index in [0.717, 1.165) is 44.8 Å². The van der Waals surface area contributed by atoms with Crippen molar-refractivity contribution in [2.75, 3.05) is 44.2 Å². The molecular weight excluding hydrogens is 238 g/mol. The lowest BCUT2D eigenvalue weighted by Gasteiger charge is -2.27. The molecule has 1 fully saturated rings. The van der Waals surface area contributed by atoms with Crippen molar-refractivity contribution in [2.24, 2.45) is 0 Å². The summed E-state index contributed by atoms with van der Waals surface area (Å²) < 4.78 is 0. The Morgan fingerprint density at radius 3 is 2.26 bits per heavy atom. The molecule has 1 aliphatic heterocycles. The predicted octanol–water partition coefficient (Wildman–Crippen LogP) is 1.58. The van der Waals surface area contributed by atoms with Gasteiger partial charge in [0.25, 0.3) is 5.91 Å². The van der Waals surface area contributed by atoms with Gasteiger partial charge in [0.2, 0.25) is 0 Å². The van der Waals surface area contributed by atoms with Gasteiger partial charge in [-0.05, 0) is 38.1 Å². The van der Waals surface area contributed by atoms with Gasteiger partial charge >= 0.3 is 0 Å². The highest BCUT2D eigenvalue weighted by Crippen LogP contribution is 2.16. The quantitative estimate of drug-likeness (QED) is 0.894. The summed E-state index contributed by atoms with van der Waals surface area (Å²) in [6.07, 6.45) is 0. The maximum absolute atomic E-state index is 12.3. The third kappa shape index (κ3) is 3.26. The zero-order valence-corrected chi connectivity index (χ0v) is 11.9. The van der Waals surface area contributed by atoms with Gasteiger partial charge in [0.15, 0.2) is 0 Å². The number of nitrogens with one attached hydrogen (secondary N) is 1. The molecule has 1 aromatic rings. The highest BCUT2D eigenvalue weighted by atomic mass is 16.2. The van der Waals surface area contributed by atoms with Gasteiger partial charge in [-0.3, -0.25) is 4.79 Å². The van der Waals surface area contributed by atoms with Crippen molar-refractivity contribution in [1.29, 1.82) is 0 Å². The summed E-state index contributed by atoms with van der Waals surface area (Å²) >= 11 is 0. The lowest BCUT2D eigenvalue weighted by molar-refractivity contribution is 0.0736. The van der Waals surface area contributed by atoms with Crippen LogP contribution in [0.3, 0.4) is 0 Å². The molecule has 1 N–H and O–H groups in total. The standard InChI is InChI=1S/C15H23N3O/c1-3-17(4-2)14-7-5-13(6-8-14)15(19)18-11-9-16-10-12-18/h5-8,16H,3-4,9-12H2,1-2H3. The average molecular weight is 261 g/mol. The number of carbonyl (C=O) groups is 1. The molecule has 1 heterocycles. The summed E-state index contributed by atoms with van der Waals surface area (Å²) in [5.41, 5.74) is 1.97. The molecule has 4 nitrogen and oxygen atoms in total. The van der Waals surface area contributed by atoms with Crippen molar-refractivity contribution in [3.63, 3.8) is 0 Å². The zero-order valence-electron chi connectivity index (χ0n) is 11.9. The molecule has 0 radical (unpaired) electrons. The molecule has 1 amide bonds. The first-order valence-electron chi connectivity index (χ1n) is 7.11. The highest BCUT2D eigenvalue weighted by molar-refractivity contribution is 5.94. The van der Waals surface area contributed by atoms with E-state index in [1.54, 1.807) is 0 Å². The number of nitrogens with zero attached hydrogens (tertiary/aromatic N) is 2. The minimum Gasteiger partial charge on any atom is -0.372 e. The van der Waals surface area contributed by atoms with Gasteiger partial charge in [-0.2, -0.15) is 0 Å². The van der Waals surface area contributed by atoms with Crippen molar-refractivity contribution in [1.82, 2.24) is 10.2 Å². The molecule has 2 rings (SSSR count). The number of carbonyl (C=O) groups excluding carboxylic acids is 1. The molecule has 4 heteroatoms. The number of rotatable bonds is 4. The topological polar surface area (TPSA) is 35.6 Å². The van der Waals surface area contributed by atoms with Crippen LogP contribution in [0.5, 0.6) is 0 Å². The van der Waals surface area contributed by atoms with Crippen LogP contribution in [-0.2, 0) is 0 Å². The van der Waals surface area contributed by atoms with Gasteiger partial charge in [-0.1, -0.05) is 0 Å². The summed E-state index contributed by atoms with van der Waals surface area (Å²) in [6.45, 7) is 9.65. The maximum atomic E-state index is 12.3. The molecular formula is C15H23N3O. The van der Waals surface area contributed by atoms with Crippen molar-refractivity contribution in [3.05, 3.63) is 29.8 Å². The molecule has 0 atom stereocenters. The molecule has 1 aromatic carbocycles. The number of anilines is 1. The van der Waals surface area contributed by atoms with Crippen LogP contribution in [0.2, 0.25) is 0 Å². The second kappa shape index (κ2) is 6.57. The number of amides is 1. The Balaban J connectivity index is 2.06. The SMILES string of the molecule is CCN(CC)c1ccc(C(=O)N2CCNCC2)cc1. The van der Waals surface area contributed by atoms with Crippen LogP contribution in [-0.4, -0.2) is 50.1 Å². The number of hydrogen-bond acceptors (Lipinski definition) is 3. The lowest BCUT2D eigenvalue weighted by atomic mass is 10.1. The minimum absolute atomic E-state index is 0.146. The predicted molar refractivity (Wildman–Crippen MR) is 78.8 cm³/mol. The van der Waals surface area contributed by atoms with Gasteiger partial charge in [0.1, 0.15) is 0 Å². The number of piperazine rings is 1. The minimum atomic E-state index is 0.146. The molecule has 0 unspecified atom stereocenters. The van der Waals surface area contributed by atoms with Crippen LogP contribution in [0, 0.1) is 0 Å².